The maximum Gasteiger partial charge on any atom is 0.411 e. The molecule has 36 heavy (non-hydrogen) atoms. The van der Waals surface area contributed by atoms with Gasteiger partial charge in [0.2, 0.25) is 5.91 Å². The van der Waals surface area contributed by atoms with Crippen LogP contribution in [-0.4, -0.2) is 28.8 Å². The fourth-order valence-corrected chi connectivity index (χ4v) is 4.08. The number of carbonyl (C=O) groups is 3. The van der Waals surface area contributed by atoms with Gasteiger partial charge in [-0.2, -0.15) is 0 Å². The van der Waals surface area contributed by atoms with Gasteiger partial charge in [-0.05, 0) is 59.7 Å². The maximum atomic E-state index is 13.5. The van der Waals surface area contributed by atoms with Crippen LogP contribution in [0.2, 0.25) is 5.02 Å². The molecule has 1 saturated heterocycles. The largest absolute Gasteiger partial charge is 0.438 e. The molecule has 2 unspecified atom stereocenters. The van der Waals surface area contributed by atoms with E-state index in [9.17, 15) is 18.8 Å². The van der Waals surface area contributed by atoms with Gasteiger partial charge in [0, 0.05) is 22.3 Å². The molecule has 1 heterocycles. The molecule has 2 N–H and O–H groups in total. The number of nitrogens with one attached hydrogen (secondary N) is 2. The van der Waals surface area contributed by atoms with Gasteiger partial charge in [0.05, 0.1) is 6.54 Å². The number of carbonyl (C=O) groups excluding carboxylic acids is 3. The molecule has 3 amide bonds. The second-order valence-electron chi connectivity index (χ2n) is 8.77. The standard InChI is InChI=1S/C27H25ClFN3O4/c1-16(2)25(33)31-22-8-4-6-18(14-22)24-23(26(34)30-21-11-9-20(29)10-12-21)32(27(35)36-24)15-17-5-3-7-19(28)13-17/h3-14,16,23-24H,15H2,1-2H3,(H,30,34)(H,31,33). The van der Waals surface area contributed by atoms with E-state index in [1.807, 2.05) is 0 Å². The van der Waals surface area contributed by atoms with Gasteiger partial charge >= 0.3 is 6.09 Å². The fraction of sp³-hybridized carbons (Fsp3) is 0.222. The SMILES string of the molecule is CC(C)C(=O)Nc1cccc(C2OC(=O)N(Cc3cccc(Cl)c3)C2C(=O)Nc2ccc(F)cc2)c1. The number of nitrogens with zero attached hydrogens (tertiary/aromatic N) is 1. The van der Waals surface area contributed by atoms with Crippen molar-refractivity contribution in [2.45, 2.75) is 32.5 Å². The van der Waals surface area contributed by atoms with Crippen LogP contribution in [0, 0.1) is 11.7 Å². The van der Waals surface area contributed by atoms with E-state index in [1.54, 1.807) is 62.4 Å². The molecular weight excluding hydrogens is 485 g/mol. The van der Waals surface area contributed by atoms with E-state index in [4.69, 9.17) is 16.3 Å². The van der Waals surface area contributed by atoms with Crippen LogP contribution in [0.15, 0.2) is 72.8 Å². The van der Waals surface area contributed by atoms with Crippen molar-refractivity contribution >= 4 is 40.9 Å². The number of hydrogen-bond donors (Lipinski definition) is 2. The highest BCUT2D eigenvalue weighted by atomic mass is 35.5. The van der Waals surface area contributed by atoms with Crippen LogP contribution in [-0.2, 0) is 20.9 Å². The Hall–Kier alpha value is -3.91. The predicted molar refractivity (Wildman–Crippen MR) is 135 cm³/mol. The molecular formula is C27H25ClFN3O4. The summed E-state index contributed by atoms with van der Waals surface area (Å²) in [4.78, 5) is 40.0. The van der Waals surface area contributed by atoms with Crippen LogP contribution in [0.4, 0.5) is 20.6 Å². The summed E-state index contributed by atoms with van der Waals surface area (Å²) < 4.78 is 19.0. The third-order valence-corrected chi connectivity index (χ3v) is 5.95. The Bertz CT molecular complexity index is 1280. The van der Waals surface area contributed by atoms with Gasteiger partial charge in [0.25, 0.3) is 5.91 Å². The lowest BCUT2D eigenvalue weighted by Crippen LogP contribution is -2.43. The average Bonchev–Trinajstić information content (AvgIpc) is 3.16. The number of benzene rings is 3. The summed E-state index contributed by atoms with van der Waals surface area (Å²) in [6, 6.07) is 18.1. The van der Waals surface area contributed by atoms with E-state index in [0.29, 0.717) is 22.0 Å². The number of cyclic esters (lactones) is 1. The molecule has 0 saturated carbocycles. The number of anilines is 2. The van der Waals surface area contributed by atoms with E-state index >= 15 is 0 Å². The molecule has 0 spiro atoms. The van der Waals surface area contributed by atoms with Crippen LogP contribution < -0.4 is 10.6 Å². The van der Waals surface area contributed by atoms with Crippen molar-refractivity contribution in [3.8, 4) is 0 Å². The fourth-order valence-electron chi connectivity index (χ4n) is 3.87. The summed E-state index contributed by atoms with van der Waals surface area (Å²) in [6.07, 6.45) is -1.62. The van der Waals surface area contributed by atoms with Gasteiger partial charge in [0.15, 0.2) is 12.1 Å². The molecule has 0 bridgehead atoms. The molecule has 4 rings (SSSR count). The zero-order valence-electron chi connectivity index (χ0n) is 19.7. The Balaban J connectivity index is 1.66. The van der Waals surface area contributed by atoms with Crippen LogP contribution in [0.5, 0.6) is 0 Å². The number of amides is 3. The summed E-state index contributed by atoms with van der Waals surface area (Å²) >= 11 is 6.11. The Kier molecular flexibility index (Phi) is 7.55. The smallest absolute Gasteiger partial charge is 0.411 e. The topological polar surface area (TPSA) is 87.7 Å². The highest BCUT2D eigenvalue weighted by Gasteiger charge is 2.47. The van der Waals surface area contributed by atoms with Crippen molar-refractivity contribution in [2.75, 3.05) is 10.6 Å². The molecule has 186 valence electrons. The van der Waals surface area contributed by atoms with Crippen LogP contribution in [0.1, 0.15) is 31.1 Å². The summed E-state index contributed by atoms with van der Waals surface area (Å²) in [5.41, 5.74) is 2.16. The molecule has 7 nitrogen and oxygen atoms in total. The lowest BCUT2D eigenvalue weighted by Gasteiger charge is -2.24. The summed E-state index contributed by atoms with van der Waals surface area (Å²) in [5.74, 6) is -1.33. The van der Waals surface area contributed by atoms with E-state index in [-0.39, 0.29) is 18.4 Å². The zero-order valence-corrected chi connectivity index (χ0v) is 20.5. The summed E-state index contributed by atoms with van der Waals surface area (Å²) in [5, 5.41) is 6.06. The molecule has 2 atom stereocenters. The van der Waals surface area contributed by atoms with E-state index in [1.165, 1.54) is 29.2 Å². The third-order valence-electron chi connectivity index (χ3n) is 5.71. The third kappa shape index (κ3) is 5.83. The molecule has 0 aromatic heterocycles. The van der Waals surface area contributed by atoms with Gasteiger partial charge in [-0.25, -0.2) is 9.18 Å². The van der Waals surface area contributed by atoms with Crippen molar-refractivity contribution < 1.29 is 23.5 Å². The van der Waals surface area contributed by atoms with Crippen molar-refractivity contribution in [2.24, 2.45) is 5.92 Å². The lowest BCUT2D eigenvalue weighted by atomic mass is 9.99. The minimum absolute atomic E-state index is 0.0845. The summed E-state index contributed by atoms with van der Waals surface area (Å²) in [7, 11) is 0. The highest BCUT2D eigenvalue weighted by Crippen LogP contribution is 2.36. The molecule has 0 aliphatic carbocycles. The minimum Gasteiger partial charge on any atom is -0.438 e. The number of rotatable bonds is 7. The first-order chi connectivity index (χ1) is 17.2. The molecule has 9 heteroatoms. The Morgan fingerprint density at radius 3 is 2.42 bits per heavy atom. The quantitative estimate of drug-likeness (QED) is 0.423. The van der Waals surface area contributed by atoms with Gasteiger partial charge < -0.3 is 15.4 Å². The van der Waals surface area contributed by atoms with Crippen LogP contribution >= 0.6 is 11.6 Å². The van der Waals surface area contributed by atoms with Gasteiger partial charge in [0.1, 0.15) is 5.82 Å². The number of hydrogen-bond acceptors (Lipinski definition) is 4. The Morgan fingerprint density at radius 1 is 1.00 bits per heavy atom. The maximum absolute atomic E-state index is 13.5. The minimum atomic E-state index is -1.04. The van der Waals surface area contributed by atoms with Crippen molar-refractivity contribution in [1.29, 1.82) is 0 Å². The van der Waals surface area contributed by atoms with Crippen molar-refractivity contribution in [1.82, 2.24) is 4.90 Å². The molecule has 1 fully saturated rings. The second kappa shape index (κ2) is 10.8. The monoisotopic (exact) mass is 509 g/mol. The first kappa shape index (κ1) is 25.2. The molecule has 1 aliphatic heterocycles. The lowest BCUT2D eigenvalue weighted by molar-refractivity contribution is -0.121. The normalized spacial score (nSPS) is 17.1. The van der Waals surface area contributed by atoms with Gasteiger partial charge in [-0.15, -0.1) is 0 Å². The van der Waals surface area contributed by atoms with Gasteiger partial charge in [-0.3, -0.25) is 14.5 Å². The average molecular weight is 510 g/mol. The second-order valence-corrected chi connectivity index (χ2v) is 9.21. The highest BCUT2D eigenvalue weighted by molar-refractivity contribution is 6.30. The Labute approximate surface area is 213 Å². The van der Waals surface area contributed by atoms with Crippen LogP contribution in [0.3, 0.4) is 0 Å². The van der Waals surface area contributed by atoms with Crippen LogP contribution in [0.25, 0.3) is 0 Å². The van der Waals surface area contributed by atoms with E-state index in [0.717, 1.165) is 5.56 Å². The Morgan fingerprint density at radius 2 is 1.72 bits per heavy atom. The van der Waals surface area contributed by atoms with E-state index < -0.39 is 30.0 Å². The first-order valence-electron chi connectivity index (χ1n) is 11.4. The molecule has 3 aromatic carbocycles. The summed E-state index contributed by atoms with van der Waals surface area (Å²) in [6.45, 7) is 3.64. The van der Waals surface area contributed by atoms with Crippen molar-refractivity contribution in [3.05, 3.63) is 94.8 Å². The zero-order chi connectivity index (χ0) is 25.8. The van der Waals surface area contributed by atoms with Gasteiger partial charge in [-0.1, -0.05) is 49.7 Å². The first-order valence-corrected chi connectivity index (χ1v) is 11.8. The molecule has 0 radical (unpaired) electrons. The van der Waals surface area contributed by atoms with Crippen molar-refractivity contribution in [3.63, 3.8) is 0 Å². The molecule has 3 aromatic rings. The van der Waals surface area contributed by atoms with E-state index in [2.05, 4.69) is 10.6 Å². The number of ether oxygens (including phenoxy) is 1. The number of halogens is 2. The predicted octanol–water partition coefficient (Wildman–Crippen LogP) is 5.77. The molecule has 1 aliphatic rings.